The molecule has 0 bridgehead atoms. The normalized spacial score (nSPS) is 17.1. The molecule has 1 atom stereocenters. The highest BCUT2D eigenvalue weighted by atomic mass is 16.5. The van der Waals surface area contributed by atoms with Gasteiger partial charge < -0.3 is 14.6 Å². The van der Waals surface area contributed by atoms with E-state index < -0.39 is 17.7 Å². The number of aliphatic hydroxyl groups excluding tert-OH is 1. The van der Waals surface area contributed by atoms with Crippen LogP contribution >= 0.6 is 0 Å². The first-order valence-electron chi connectivity index (χ1n) is 11.5. The minimum Gasteiger partial charge on any atom is -0.507 e. The number of carbonyl (C=O) groups is 2. The van der Waals surface area contributed by atoms with E-state index in [1.54, 1.807) is 24.3 Å². The Hall–Kier alpha value is -4.06. The van der Waals surface area contributed by atoms with Crippen molar-refractivity contribution in [1.29, 1.82) is 0 Å². The van der Waals surface area contributed by atoms with Crippen molar-refractivity contribution in [2.75, 3.05) is 18.6 Å². The molecule has 0 aliphatic carbocycles. The molecule has 1 amide bonds. The average molecular weight is 472 g/mol. The maximum absolute atomic E-state index is 13.5. The smallest absolute Gasteiger partial charge is 0.300 e. The van der Waals surface area contributed by atoms with Crippen LogP contribution in [0.15, 0.2) is 66.2 Å². The number of methoxy groups -OCH3 is 1. The van der Waals surface area contributed by atoms with Crippen molar-refractivity contribution in [3.63, 3.8) is 0 Å². The lowest BCUT2D eigenvalue weighted by atomic mass is 9.93. The Morgan fingerprint density at radius 1 is 0.971 bits per heavy atom. The van der Waals surface area contributed by atoms with Gasteiger partial charge in [-0.15, -0.1) is 0 Å². The van der Waals surface area contributed by atoms with Crippen molar-refractivity contribution in [1.82, 2.24) is 0 Å². The number of benzene rings is 3. The molecule has 4 rings (SSSR count). The Morgan fingerprint density at radius 2 is 1.66 bits per heavy atom. The van der Waals surface area contributed by atoms with Gasteiger partial charge in [-0.2, -0.15) is 0 Å². The van der Waals surface area contributed by atoms with Crippen LogP contribution in [0.4, 0.5) is 5.69 Å². The number of anilines is 1. The summed E-state index contributed by atoms with van der Waals surface area (Å²) in [7, 11) is 1.52. The second-order valence-electron chi connectivity index (χ2n) is 8.62. The minimum atomic E-state index is -0.822. The summed E-state index contributed by atoms with van der Waals surface area (Å²) in [5.74, 6) is -0.559. The van der Waals surface area contributed by atoms with Gasteiger partial charge in [0.2, 0.25) is 0 Å². The standard InChI is InChI=1S/C29H29NO5/c1-6-35-21-13-11-20(12-14-21)25-24(26(31)22-16-17(2)15-19(4)28(22)34-5)27(32)29(33)30(25)23-10-8-7-9-18(23)3/h7-16,25,31H,6H2,1-5H3/b26-24+. The Balaban J connectivity index is 1.99. The molecule has 6 heteroatoms. The van der Waals surface area contributed by atoms with Gasteiger partial charge in [0.25, 0.3) is 11.7 Å². The molecular weight excluding hydrogens is 442 g/mol. The predicted molar refractivity (Wildman–Crippen MR) is 136 cm³/mol. The van der Waals surface area contributed by atoms with E-state index in [1.807, 2.05) is 64.1 Å². The van der Waals surface area contributed by atoms with Gasteiger partial charge in [-0.1, -0.05) is 36.4 Å². The molecule has 0 spiro atoms. The van der Waals surface area contributed by atoms with Crippen LogP contribution in [0.2, 0.25) is 0 Å². The van der Waals surface area contributed by atoms with Gasteiger partial charge in [0.05, 0.1) is 30.9 Å². The van der Waals surface area contributed by atoms with Crippen molar-refractivity contribution in [3.05, 3.63) is 94.1 Å². The van der Waals surface area contributed by atoms with E-state index >= 15 is 0 Å². The fourth-order valence-electron chi connectivity index (χ4n) is 4.69. The molecule has 0 aromatic heterocycles. The highest BCUT2D eigenvalue weighted by molar-refractivity contribution is 6.51. The number of carbonyl (C=O) groups excluding carboxylic acids is 2. The SMILES string of the molecule is CCOc1ccc(C2/C(=C(\O)c3cc(C)cc(C)c3OC)C(=O)C(=O)N2c2ccccc2C)cc1. The zero-order valence-electron chi connectivity index (χ0n) is 20.6. The van der Waals surface area contributed by atoms with Crippen LogP contribution in [-0.2, 0) is 9.59 Å². The van der Waals surface area contributed by atoms with Gasteiger partial charge in [0, 0.05) is 5.69 Å². The third-order valence-corrected chi connectivity index (χ3v) is 6.20. The molecule has 1 aliphatic heterocycles. The summed E-state index contributed by atoms with van der Waals surface area (Å²) in [6, 6.07) is 17.5. The molecule has 3 aromatic carbocycles. The third-order valence-electron chi connectivity index (χ3n) is 6.20. The van der Waals surface area contributed by atoms with E-state index in [0.29, 0.717) is 34.9 Å². The molecule has 1 saturated heterocycles. The van der Waals surface area contributed by atoms with E-state index in [1.165, 1.54) is 12.0 Å². The van der Waals surface area contributed by atoms with E-state index in [9.17, 15) is 14.7 Å². The van der Waals surface area contributed by atoms with E-state index in [2.05, 4.69) is 0 Å². The fraction of sp³-hybridized carbons (Fsp3) is 0.241. The molecule has 1 fully saturated rings. The number of Topliss-reactive ketones (excluding diaryl/α,β-unsaturated/α-hetero) is 1. The second-order valence-corrected chi connectivity index (χ2v) is 8.62. The molecule has 0 radical (unpaired) electrons. The Bertz CT molecular complexity index is 1320. The maximum atomic E-state index is 13.5. The predicted octanol–water partition coefficient (Wildman–Crippen LogP) is 5.65. The average Bonchev–Trinajstić information content (AvgIpc) is 3.09. The van der Waals surface area contributed by atoms with Gasteiger partial charge in [0.1, 0.15) is 17.3 Å². The molecule has 1 heterocycles. The number of aliphatic hydroxyl groups is 1. The van der Waals surface area contributed by atoms with Crippen LogP contribution in [0, 0.1) is 20.8 Å². The zero-order valence-corrected chi connectivity index (χ0v) is 20.6. The van der Waals surface area contributed by atoms with Crippen LogP contribution in [0.1, 0.15) is 40.8 Å². The number of rotatable bonds is 6. The summed E-state index contributed by atoms with van der Waals surface area (Å²) >= 11 is 0. The lowest BCUT2D eigenvalue weighted by Crippen LogP contribution is -2.30. The number of hydrogen-bond donors (Lipinski definition) is 1. The first-order valence-corrected chi connectivity index (χ1v) is 11.5. The second kappa shape index (κ2) is 9.66. The number of amides is 1. The highest BCUT2D eigenvalue weighted by Crippen LogP contribution is 2.44. The number of nitrogens with zero attached hydrogens (tertiary/aromatic N) is 1. The number of ether oxygens (including phenoxy) is 2. The quantitative estimate of drug-likeness (QED) is 0.286. The summed E-state index contributed by atoms with van der Waals surface area (Å²) in [6.07, 6.45) is 0. The Kier molecular flexibility index (Phi) is 6.65. The van der Waals surface area contributed by atoms with Crippen molar-refractivity contribution < 1.29 is 24.2 Å². The van der Waals surface area contributed by atoms with E-state index in [-0.39, 0.29) is 11.3 Å². The van der Waals surface area contributed by atoms with Crippen molar-refractivity contribution >= 4 is 23.1 Å². The topological polar surface area (TPSA) is 76.1 Å². The van der Waals surface area contributed by atoms with Crippen LogP contribution < -0.4 is 14.4 Å². The maximum Gasteiger partial charge on any atom is 0.300 e. The number of para-hydroxylation sites is 1. The van der Waals surface area contributed by atoms with Crippen LogP contribution in [0.5, 0.6) is 11.5 Å². The molecule has 1 N–H and O–H groups in total. The van der Waals surface area contributed by atoms with Crippen molar-refractivity contribution in [2.24, 2.45) is 0 Å². The van der Waals surface area contributed by atoms with Crippen molar-refractivity contribution in [2.45, 2.75) is 33.7 Å². The molecule has 1 aliphatic rings. The molecular formula is C29H29NO5. The summed E-state index contributed by atoms with van der Waals surface area (Å²) in [5.41, 5.74) is 4.25. The monoisotopic (exact) mass is 471 g/mol. The Morgan fingerprint density at radius 3 is 2.29 bits per heavy atom. The van der Waals surface area contributed by atoms with Gasteiger partial charge in [-0.05, 0) is 74.2 Å². The summed E-state index contributed by atoms with van der Waals surface area (Å²) in [6.45, 7) is 8.08. The zero-order chi connectivity index (χ0) is 25.3. The minimum absolute atomic E-state index is 0.0192. The van der Waals surface area contributed by atoms with Crippen LogP contribution in [0.25, 0.3) is 5.76 Å². The molecule has 1 unspecified atom stereocenters. The molecule has 180 valence electrons. The lowest BCUT2D eigenvalue weighted by molar-refractivity contribution is -0.132. The third kappa shape index (κ3) is 4.28. The van der Waals surface area contributed by atoms with Gasteiger partial charge >= 0.3 is 0 Å². The number of ketones is 1. The van der Waals surface area contributed by atoms with E-state index in [4.69, 9.17) is 9.47 Å². The fourth-order valence-corrected chi connectivity index (χ4v) is 4.69. The molecule has 0 saturated carbocycles. The van der Waals surface area contributed by atoms with Crippen LogP contribution in [0.3, 0.4) is 0 Å². The number of aryl methyl sites for hydroxylation is 3. The summed E-state index contributed by atoms with van der Waals surface area (Å²) in [4.78, 5) is 28.4. The van der Waals surface area contributed by atoms with E-state index in [0.717, 1.165) is 16.7 Å². The van der Waals surface area contributed by atoms with Gasteiger partial charge in [-0.3, -0.25) is 14.5 Å². The lowest BCUT2D eigenvalue weighted by Gasteiger charge is -2.27. The first-order chi connectivity index (χ1) is 16.8. The summed E-state index contributed by atoms with van der Waals surface area (Å²) in [5, 5.41) is 11.5. The van der Waals surface area contributed by atoms with Crippen molar-refractivity contribution in [3.8, 4) is 11.5 Å². The highest BCUT2D eigenvalue weighted by Gasteiger charge is 2.47. The molecule has 6 nitrogen and oxygen atoms in total. The first kappa shape index (κ1) is 24.1. The molecule has 35 heavy (non-hydrogen) atoms. The Labute approximate surface area is 205 Å². The number of hydrogen-bond acceptors (Lipinski definition) is 5. The largest absolute Gasteiger partial charge is 0.507 e. The van der Waals surface area contributed by atoms with Gasteiger partial charge in [-0.25, -0.2) is 0 Å². The van der Waals surface area contributed by atoms with Gasteiger partial charge in [0.15, 0.2) is 0 Å². The summed E-state index contributed by atoms with van der Waals surface area (Å²) < 4.78 is 11.1. The molecule has 3 aromatic rings. The van der Waals surface area contributed by atoms with Crippen LogP contribution in [-0.4, -0.2) is 30.5 Å².